The van der Waals surface area contributed by atoms with Crippen molar-refractivity contribution in [3.05, 3.63) is 66.4 Å². The van der Waals surface area contributed by atoms with Gasteiger partial charge < -0.3 is 11.1 Å². The number of hydrogen-bond donors (Lipinski definition) is 3. The minimum absolute atomic E-state index is 0.191. The third-order valence-electron chi connectivity index (χ3n) is 3.08. The third-order valence-corrected chi connectivity index (χ3v) is 3.08. The molecule has 104 valence electrons. The van der Waals surface area contributed by atoms with E-state index in [0.29, 0.717) is 11.3 Å². The van der Waals surface area contributed by atoms with Crippen molar-refractivity contribution in [2.24, 2.45) is 0 Å². The van der Waals surface area contributed by atoms with Crippen LogP contribution in [0.15, 0.2) is 60.8 Å². The lowest BCUT2D eigenvalue weighted by Gasteiger charge is -2.07. The van der Waals surface area contributed by atoms with Crippen LogP contribution in [-0.2, 0) is 0 Å². The lowest BCUT2D eigenvalue weighted by molar-refractivity contribution is 0.102. The molecule has 1 aromatic heterocycles. The predicted octanol–water partition coefficient (Wildman–Crippen LogP) is 2.91. The Morgan fingerprint density at radius 2 is 1.95 bits per heavy atom. The average molecular weight is 278 g/mol. The van der Waals surface area contributed by atoms with Gasteiger partial charge in [-0.1, -0.05) is 18.2 Å². The van der Waals surface area contributed by atoms with Gasteiger partial charge in [0, 0.05) is 28.7 Å². The number of benzene rings is 2. The predicted molar refractivity (Wildman–Crippen MR) is 82.8 cm³/mol. The van der Waals surface area contributed by atoms with Crippen LogP contribution in [0.3, 0.4) is 0 Å². The summed E-state index contributed by atoms with van der Waals surface area (Å²) in [6.07, 6.45) is 1.69. The Morgan fingerprint density at radius 3 is 2.71 bits per heavy atom. The average Bonchev–Trinajstić information content (AvgIpc) is 3.02. The second-order valence-corrected chi connectivity index (χ2v) is 4.63. The highest BCUT2D eigenvalue weighted by Gasteiger charge is 2.07. The maximum absolute atomic E-state index is 12.2. The van der Waals surface area contributed by atoms with Gasteiger partial charge in [-0.3, -0.25) is 9.89 Å². The largest absolute Gasteiger partial charge is 0.399 e. The van der Waals surface area contributed by atoms with Crippen LogP contribution < -0.4 is 11.1 Å². The number of carbonyl (C=O) groups excluding carboxylic acids is 1. The first-order chi connectivity index (χ1) is 10.2. The summed E-state index contributed by atoms with van der Waals surface area (Å²) in [6.45, 7) is 0. The highest BCUT2D eigenvalue weighted by Crippen LogP contribution is 2.21. The zero-order chi connectivity index (χ0) is 14.7. The maximum Gasteiger partial charge on any atom is 0.255 e. The molecule has 0 bridgehead atoms. The van der Waals surface area contributed by atoms with Crippen LogP contribution >= 0.6 is 0 Å². The van der Waals surface area contributed by atoms with Crippen molar-refractivity contribution in [1.29, 1.82) is 0 Å². The molecule has 0 aliphatic rings. The van der Waals surface area contributed by atoms with Crippen molar-refractivity contribution < 1.29 is 4.79 Å². The number of nitrogen functional groups attached to an aromatic ring is 1. The molecule has 0 saturated carbocycles. The van der Waals surface area contributed by atoms with Crippen LogP contribution in [0.5, 0.6) is 0 Å². The van der Waals surface area contributed by atoms with E-state index in [9.17, 15) is 4.79 Å². The summed E-state index contributed by atoms with van der Waals surface area (Å²) in [7, 11) is 0. The number of rotatable bonds is 3. The summed E-state index contributed by atoms with van der Waals surface area (Å²) < 4.78 is 0. The van der Waals surface area contributed by atoms with Gasteiger partial charge in [-0.25, -0.2) is 0 Å². The van der Waals surface area contributed by atoms with E-state index in [1.54, 1.807) is 30.5 Å². The van der Waals surface area contributed by atoms with Gasteiger partial charge in [0.25, 0.3) is 5.91 Å². The summed E-state index contributed by atoms with van der Waals surface area (Å²) in [5.74, 6) is -0.191. The number of H-pyrrole nitrogens is 1. The molecule has 1 heterocycles. The lowest BCUT2D eigenvalue weighted by Crippen LogP contribution is -2.12. The first-order valence-corrected chi connectivity index (χ1v) is 6.49. The molecule has 1 amide bonds. The minimum Gasteiger partial charge on any atom is -0.399 e. The number of hydrogen-bond acceptors (Lipinski definition) is 3. The molecule has 3 aromatic rings. The van der Waals surface area contributed by atoms with Gasteiger partial charge in [-0.2, -0.15) is 5.10 Å². The number of anilines is 2. The Morgan fingerprint density at radius 1 is 1.10 bits per heavy atom. The highest BCUT2D eigenvalue weighted by molar-refractivity contribution is 6.05. The van der Waals surface area contributed by atoms with E-state index < -0.39 is 0 Å². The van der Waals surface area contributed by atoms with Crippen molar-refractivity contribution in [1.82, 2.24) is 10.2 Å². The fraction of sp³-hybridized carbons (Fsp3) is 0. The molecule has 21 heavy (non-hydrogen) atoms. The molecular weight excluding hydrogens is 264 g/mol. The number of aromatic nitrogens is 2. The van der Waals surface area contributed by atoms with Crippen LogP contribution in [0.1, 0.15) is 10.4 Å². The Balaban J connectivity index is 1.82. The van der Waals surface area contributed by atoms with E-state index in [0.717, 1.165) is 16.9 Å². The smallest absolute Gasteiger partial charge is 0.255 e. The van der Waals surface area contributed by atoms with E-state index in [2.05, 4.69) is 15.5 Å². The van der Waals surface area contributed by atoms with Crippen molar-refractivity contribution in [3.63, 3.8) is 0 Å². The number of nitrogens with zero attached hydrogens (tertiary/aromatic N) is 1. The molecule has 0 aliphatic heterocycles. The lowest BCUT2D eigenvalue weighted by atomic mass is 10.1. The molecular formula is C16H14N4O. The summed E-state index contributed by atoms with van der Waals surface area (Å²) in [4.78, 5) is 12.2. The van der Waals surface area contributed by atoms with Crippen LogP contribution in [0.25, 0.3) is 11.3 Å². The molecule has 3 rings (SSSR count). The van der Waals surface area contributed by atoms with E-state index >= 15 is 0 Å². The molecule has 0 spiro atoms. The van der Waals surface area contributed by atoms with Crippen molar-refractivity contribution in [2.45, 2.75) is 0 Å². The molecule has 0 aliphatic carbocycles. The van der Waals surface area contributed by atoms with Gasteiger partial charge in [0.2, 0.25) is 0 Å². The van der Waals surface area contributed by atoms with Gasteiger partial charge in [0.15, 0.2) is 0 Å². The number of nitrogens with two attached hydrogens (primary N) is 1. The number of aromatic amines is 1. The molecule has 5 heteroatoms. The van der Waals surface area contributed by atoms with Gasteiger partial charge in [-0.15, -0.1) is 0 Å². The number of amides is 1. The van der Waals surface area contributed by atoms with Gasteiger partial charge >= 0.3 is 0 Å². The molecule has 0 atom stereocenters. The summed E-state index contributed by atoms with van der Waals surface area (Å²) in [5.41, 5.74) is 9.35. The van der Waals surface area contributed by atoms with Crippen LogP contribution in [-0.4, -0.2) is 16.1 Å². The summed E-state index contributed by atoms with van der Waals surface area (Å²) >= 11 is 0. The molecule has 5 nitrogen and oxygen atoms in total. The topological polar surface area (TPSA) is 83.8 Å². The zero-order valence-corrected chi connectivity index (χ0v) is 11.2. The van der Waals surface area contributed by atoms with E-state index in [-0.39, 0.29) is 5.91 Å². The van der Waals surface area contributed by atoms with Crippen LogP contribution in [0.4, 0.5) is 11.4 Å². The zero-order valence-electron chi connectivity index (χ0n) is 11.2. The van der Waals surface area contributed by atoms with Crippen molar-refractivity contribution >= 4 is 17.3 Å². The van der Waals surface area contributed by atoms with Crippen molar-refractivity contribution in [2.75, 3.05) is 11.1 Å². The Hall–Kier alpha value is -3.08. The van der Waals surface area contributed by atoms with Gasteiger partial charge in [0.05, 0.1) is 5.69 Å². The fourth-order valence-electron chi connectivity index (χ4n) is 2.06. The number of nitrogens with one attached hydrogen (secondary N) is 2. The Labute approximate surface area is 121 Å². The SMILES string of the molecule is Nc1cccc(C(=O)Nc2cccc(-c3ccn[nH]3)c2)c1. The van der Waals surface area contributed by atoms with Crippen LogP contribution in [0, 0.1) is 0 Å². The Bertz CT molecular complexity index is 765. The summed E-state index contributed by atoms with van der Waals surface area (Å²) in [6, 6.07) is 16.3. The third kappa shape index (κ3) is 2.92. The second kappa shape index (κ2) is 5.50. The summed E-state index contributed by atoms with van der Waals surface area (Å²) in [5, 5.41) is 9.67. The van der Waals surface area contributed by atoms with E-state index in [1.165, 1.54) is 0 Å². The number of carbonyl (C=O) groups is 1. The molecule has 2 aromatic carbocycles. The van der Waals surface area contributed by atoms with Gasteiger partial charge in [-0.05, 0) is 36.4 Å². The van der Waals surface area contributed by atoms with E-state index in [1.807, 2.05) is 30.3 Å². The first-order valence-electron chi connectivity index (χ1n) is 6.49. The van der Waals surface area contributed by atoms with E-state index in [4.69, 9.17) is 5.73 Å². The van der Waals surface area contributed by atoms with Gasteiger partial charge in [0.1, 0.15) is 0 Å². The molecule has 0 saturated heterocycles. The maximum atomic E-state index is 12.2. The minimum atomic E-state index is -0.191. The molecule has 4 N–H and O–H groups in total. The monoisotopic (exact) mass is 278 g/mol. The van der Waals surface area contributed by atoms with Crippen molar-refractivity contribution in [3.8, 4) is 11.3 Å². The quantitative estimate of drug-likeness (QED) is 0.644. The first kappa shape index (κ1) is 12.9. The normalized spacial score (nSPS) is 10.3. The molecule has 0 radical (unpaired) electrons. The molecule has 0 unspecified atom stereocenters. The second-order valence-electron chi connectivity index (χ2n) is 4.63. The standard InChI is InChI=1S/C16H14N4O/c17-13-5-1-4-12(9-13)16(21)19-14-6-2-3-11(10-14)15-7-8-18-20-15/h1-10H,17H2,(H,18,20)(H,19,21). The highest BCUT2D eigenvalue weighted by atomic mass is 16.1. The molecule has 0 fully saturated rings. The van der Waals surface area contributed by atoms with Crippen LogP contribution in [0.2, 0.25) is 0 Å². The Kier molecular flexibility index (Phi) is 3.39. The fourth-order valence-corrected chi connectivity index (χ4v) is 2.06.